The lowest BCUT2D eigenvalue weighted by Crippen LogP contribution is -1.93. The molecule has 0 aromatic heterocycles. The molecule has 1 unspecified atom stereocenters. The molecular formula is C16H16S. The monoisotopic (exact) mass is 240 g/mol. The molecule has 1 heteroatoms. The molecule has 0 radical (unpaired) electrons. The molecule has 0 nitrogen and oxygen atoms in total. The molecule has 0 saturated carbocycles. The second-order valence-corrected chi connectivity index (χ2v) is 5.16. The quantitative estimate of drug-likeness (QED) is 0.534. The molecule has 17 heavy (non-hydrogen) atoms. The Hall–Kier alpha value is -1.47. The summed E-state index contributed by atoms with van der Waals surface area (Å²) in [6, 6.07) is 19.0. The first-order valence-electron chi connectivity index (χ1n) is 5.71. The van der Waals surface area contributed by atoms with Crippen molar-refractivity contribution in [2.24, 2.45) is 0 Å². The first-order chi connectivity index (χ1) is 8.31. The molecule has 1 atom stereocenters. The van der Waals surface area contributed by atoms with Gasteiger partial charge in [0.1, 0.15) is 0 Å². The number of hydrogen-bond acceptors (Lipinski definition) is 1. The summed E-state index contributed by atoms with van der Waals surface area (Å²) in [4.78, 5) is 1.28. The van der Waals surface area contributed by atoms with Gasteiger partial charge in [0.05, 0.1) is 5.25 Å². The van der Waals surface area contributed by atoms with Crippen LogP contribution in [0.1, 0.15) is 16.4 Å². The zero-order chi connectivity index (χ0) is 12.1. The highest BCUT2D eigenvalue weighted by atomic mass is 32.2. The van der Waals surface area contributed by atoms with E-state index < -0.39 is 0 Å². The van der Waals surface area contributed by atoms with E-state index in [1.165, 1.54) is 16.0 Å². The van der Waals surface area contributed by atoms with Crippen LogP contribution in [0.3, 0.4) is 0 Å². The van der Waals surface area contributed by atoms with Gasteiger partial charge in [-0.3, -0.25) is 0 Å². The average Bonchev–Trinajstić information content (AvgIpc) is 2.38. The van der Waals surface area contributed by atoms with E-state index in [0.29, 0.717) is 5.25 Å². The van der Waals surface area contributed by atoms with Crippen LogP contribution in [-0.4, -0.2) is 0 Å². The van der Waals surface area contributed by atoms with E-state index in [1.54, 1.807) is 0 Å². The number of thioether (sulfide) groups is 1. The predicted octanol–water partition coefficient (Wildman–Crippen LogP) is 5.01. The zero-order valence-electron chi connectivity index (χ0n) is 9.97. The highest BCUT2D eigenvalue weighted by Crippen LogP contribution is 2.37. The smallest absolute Gasteiger partial charge is 0.0524 e. The third-order valence-corrected chi connectivity index (χ3v) is 3.96. The van der Waals surface area contributed by atoms with Crippen molar-refractivity contribution in [3.05, 3.63) is 78.4 Å². The van der Waals surface area contributed by atoms with Crippen molar-refractivity contribution in [3.8, 4) is 0 Å². The molecule has 0 aliphatic heterocycles. The summed E-state index contributed by atoms with van der Waals surface area (Å²) in [5.41, 5.74) is 2.66. The van der Waals surface area contributed by atoms with Crippen molar-refractivity contribution in [2.45, 2.75) is 17.1 Å². The van der Waals surface area contributed by atoms with Crippen LogP contribution in [0.4, 0.5) is 0 Å². The minimum atomic E-state index is 0.318. The molecule has 0 N–H and O–H groups in total. The van der Waals surface area contributed by atoms with E-state index in [4.69, 9.17) is 0 Å². The molecule has 0 saturated heterocycles. The summed E-state index contributed by atoms with van der Waals surface area (Å²) in [7, 11) is 0. The Labute approximate surface area is 107 Å². The third-order valence-electron chi connectivity index (χ3n) is 2.72. The second-order valence-electron chi connectivity index (χ2n) is 3.94. The fourth-order valence-corrected chi connectivity index (χ4v) is 2.89. The largest absolute Gasteiger partial charge is 0.114 e. The summed E-state index contributed by atoms with van der Waals surface area (Å²) in [6.45, 7) is 6.10. The highest BCUT2D eigenvalue weighted by Gasteiger charge is 2.10. The Morgan fingerprint density at radius 3 is 2.29 bits per heavy atom. The van der Waals surface area contributed by atoms with Gasteiger partial charge in [-0.25, -0.2) is 0 Å². The molecule has 2 aromatic carbocycles. The zero-order valence-corrected chi connectivity index (χ0v) is 10.8. The van der Waals surface area contributed by atoms with E-state index in [2.05, 4.69) is 62.0 Å². The first-order valence-corrected chi connectivity index (χ1v) is 6.59. The first kappa shape index (κ1) is 12.0. The number of hydrogen-bond donors (Lipinski definition) is 0. The van der Waals surface area contributed by atoms with Crippen LogP contribution in [0.15, 0.2) is 72.1 Å². The van der Waals surface area contributed by atoms with Crippen molar-refractivity contribution in [1.29, 1.82) is 0 Å². The minimum absolute atomic E-state index is 0.318. The molecule has 0 amide bonds. The molecule has 0 heterocycles. The molecule has 2 rings (SSSR count). The van der Waals surface area contributed by atoms with Crippen LogP contribution in [0, 0.1) is 6.92 Å². The van der Waals surface area contributed by atoms with Gasteiger partial charge >= 0.3 is 0 Å². The molecule has 0 spiro atoms. The van der Waals surface area contributed by atoms with E-state index in [9.17, 15) is 0 Å². The standard InChI is InChI=1S/C16H16S/c1-3-16(15-12-8-7-9-13(15)2)17-14-10-5-4-6-11-14/h3-12,16H,1H2,2H3. The molecule has 0 bridgehead atoms. The topological polar surface area (TPSA) is 0 Å². The lowest BCUT2D eigenvalue weighted by molar-refractivity contribution is 1.18. The Balaban J connectivity index is 2.24. The Kier molecular flexibility index (Phi) is 4.05. The van der Waals surface area contributed by atoms with Gasteiger partial charge in [-0.2, -0.15) is 0 Å². The van der Waals surface area contributed by atoms with Crippen LogP contribution in [0.2, 0.25) is 0 Å². The molecule has 0 aliphatic rings. The highest BCUT2D eigenvalue weighted by molar-refractivity contribution is 7.99. The molecular weight excluding hydrogens is 224 g/mol. The van der Waals surface area contributed by atoms with Crippen LogP contribution in [-0.2, 0) is 0 Å². The Bertz CT molecular complexity index is 488. The molecule has 0 fully saturated rings. The van der Waals surface area contributed by atoms with Gasteiger partial charge in [-0.15, -0.1) is 18.3 Å². The lowest BCUT2D eigenvalue weighted by atomic mass is 10.1. The van der Waals surface area contributed by atoms with Gasteiger partial charge in [-0.1, -0.05) is 48.5 Å². The van der Waals surface area contributed by atoms with Gasteiger partial charge in [0.2, 0.25) is 0 Å². The van der Waals surface area contributed by atoms with Crippen molar-refractivity contribution >= 4 is 11.8 Å². The van der Waals surface area contributed by atoms with Crippen molar-refractivity contribution < 1.29 is 0 Å². The SMILES string of the molecule is C=CC(Sc1ccccc1)c1ccccc1C. The summed E-state index contributed by atoms with van der Waals surface area (Å²) in [5, 5.41) is 0.318. The van der Waals surface area contributed by atoms with Crippen LogP contribution in [0.25, 0.3) is 0 Å². The fraction of sp³-hybridized carbons (Fsp3) is 0.125. The Morgan fingerprint density at radius 1 is 1.00 bits per heavy atom. The number of benzene rings is 2. The van der Waals surface area contributed by atoms with E-state index >= 15 is 0 Å². The van der Waals surface area contributed by atoms with Crippen molar-refractivity contribution in [3.63, 3.8) is 0 Å². The van der Waals surface area contributed by atoms with Gasteiger partial charge in [-0.05, 0) is 30.2 Å². The third kappa shape index (κ3) is 3.01. The normalized spacial score (nSPS) is 12.1. The Morgan fingerprint density at radius 2 is 1.65 bits per heavy atom. The molecule has 86 valence electrons. The van der Waals surface area contributed by atoms with Crippen LogP contribution in [0.5, 0.6) is 0 Å². The maximum Gasteiger partial charge on any atom is 0.0524 e. The van der Waals surface area contributed by atoms with E-state index in [0.717, 1.165) is 0 Å². The fourth-order valence-electron chi connectivity index (χ4n) is 1.79. The van der Waals surface area contributed by atoms with Crippen molar-refractivity contribution in [1.82, 2.24) is 0 Å². The molecule has 2 aromatic rings. The van der Waals surface area contributed by atoms with Crippen LogP contribution < -0.4 is 0 Å². The molecule has 0 aliphatic carbocycles. The predicted molar refractivity (Wildman–Crippen MR) is 76.4 cm³/mol. The second kappa shape index (κ2) is 5.74. The van der Waals surface area contributed by atoms with E-state index in [1.807, 2.05) is 23.9 Å². The lowest BCUT2D eigenvalue weighted by Gasteiger charge is -2.15. The maximum absolute atomic E-state index is 3.95. The van der Waals surface area contributed by atoms with Crippen molar-refractivity contribution in [2.75, 3.05) is 0 Å². The van der Waals surface area contributed by atoms with Gasteiger partial charge in [0, 0.05) is 4.90 Å². The summed E-state index contributed by atoms with van der Waals surface area (Å²) >= 11 is 1.84. The van der Waals surface area contributed by atoms with Gasteiger partial charge < -0.3 is 0 Å². The number of aryl methyl sites for hydroxylation is 1. The number of rotatable bonds is 4. The minimum Gasteiger partial charge on any atom is -0.114 e. The maximum atomic E-state index is 3.95. The van der Waals surface area contributed by atoms with E-state index in [-0.39, 0.29) is 0 Å². The summed E-state index contributed by atoms with van der Waals surface area (Å²) in [5.74, 6) is 0. The van der Waals surface area contributed by atoms with Crippen LogP contribution >= 0.6 is 11.8 Å². The summed E-state index contributed by atoms with van der Waals surface area (Å²) in [6.07, 6.45) is 2.01. The average molecular weight is 240 g/mol. The van der Waals surface area contributed by atoms with Gasteiger partial charge in [0.15, 0.2) is 0 Å². The summed E-state index contributed by atoms with van der Waals surface area (Å²) < 4.78 is 0. The van der Waals surface area contributed by atoms with Gasteiger partial charge in [0.25, 0.3) is 0 Å².